The number of fused-ring (bicyclic) bond motifs is 1. The van der Waals surface area contributed by atoms with E-state index in [1.54, 1.807) is 30.3 Å². The van der Waals surface area contributed by atoms with Crippen LogP contribution in [0.25, 0.3) is 16.7 Å². The first-order valence-corrected chi connectivity index (χ1v) is 13.0. The second-order valence-electron chi connectivity index (χ2n) is 10.3. The van der Waals surface area contributed by atoms with Gasteiger partial charge in [0, 0.05) is 22.6 Å². The number of benzene rings is 2. The number of rotatable bonds is 11. The van der Waals surface area contributed by atoms with Crippen molar-refractivity contribution in [2.45, 2.75) is 78.6 Å². The number of hydrogen-bond acceptors (Lipinski definition) is 6. The van der Waals surface area contributed by atoms with Gasteiger partial charge in [0.05, 0.1) is 13.0 Å². The van der Waals surface area contributed by atoms with E-state index in [0.29, 0.717) is 45.4 Å². The number of Topliss-reactive ketones (excluding diaryl/α,β-unsaturated/α-hetero) is 1. The van der Waals surface area contributed by atoms with Crippen LogP contribution >= 0.6 is 11.6 Å². The zero-order chi connectivity index (χ0) is 26.5. The number of unbranched alkanes of at least 4 members (excludes halogenated alkanes) is 1. The Balaban J connectivity index is 1.81. The summed E-state index contributed by atoms with van der Waals surface area (Å²) in [6.45, 7) is 10.5. The molecule has 0 saturated carbocycles. The molecule has 7 nitrogen and oxygen atoms in total. The van der Waals surface area contributed by atoms with Crippen molar-refractivity contribution >= 4 is 34.4 Å². The van der Waals surface area contributed by atoms with Gasteiger partial charge >= 0.3 is 5.97 Å². The zero-order valence-electron chi connectivity index (χ0n) is 21.8. The highest BCUT2D eigenvalue weighted by Gasteiger charge is 2.25. The van der Waals surface area contributed by atoms with E-state index in [1.807, 2.05) is 20.8 Å². The number of hydrogen-bond donors (Lipinski definition) is 1. The van der Waals surface area contributed by atoms with Gasteiger partial charge in [-0.3, -0.25) is 9.59 Å². The van der Waals surface area contributed by atoms with E-state index >= 15 is 0 Å². The minimum atomic E-state index is -0.447. The van der Waals surface area contributed by atoms with Gasteiger partial charge in [-0.1, -0.05) is 65.5 Å². The molecule has 1 N–H and O–H groups in total. The number of aromatic nitrogens is 3. The van der Waals surface area contributed by atoms with Gasteiger partial charge in [-0.2, -0.15) is 0 Å². The van der Waals surface area contributed by atoms with Crippen LogP contribution in [0.1, 0.15) is 89.1 Å². The third kappa shape index (κ3) is 6.84. The molecule has 0 fully saturated rings. The molecule has 0 spiro atoms. The lowest BCUT2D eigenvalue weighted by Crippen LogP contribution is -2.16. The summed E-state index contributed by atoms with van der Waals surface area (Å²) in [5, 5.41) is 20.5. The number of halogens is 1. The van der Waals surface area contributed by atoms with Crippen molar-refractivity contribution in [3.05, 3.63) is 46.5 Å². The van der Waals surface area contributed by atoms with Crippen LogP contribution in [0.3, 0.4) is 0 Å². The number of esters is 1. The standard InChI is InChI=1S/C28H36ClN3O4/c1-6-8-9-18(7-2)17-36-26(34)13-12-25(33)19-14-21(28(3,4)5)27(35)24(15-19)32-30-22-11-10-20(29)16-23(22)31-32/h10-11,14-16,18,35H,6-9,12-13,17H2,1-5H3. The van der Waals surface area contributed by atoms with Crippen molar-refractivity contribution in [3.8, 4) is 11.4 Å². The molecule has 0 amide bonds. The fraction of sp³-hybridized carbons (Fsp3) is 0.500. The van der Waals surface area contributed by atoms with Crippen molar-refractivity contribution < 1.29 is 19.4 Å². The van der Waals surface area contributed by atoms with E-state index in [1.165, 1.54) is 4.80 Å². The maximum Gasteiger partial charge on any atom is 0.306 e. The van der Waals surface area contributed by atoms with Gasteiger partial charge in [-0.25, -0.2) is 0 Å². The number of carbonyl (C=O) groups is 2. The second-order valence-corrected chi connectivity index (χ2v) is 10.7. The summed E-state index contributed by atoms with van der Waals surface area (Å²) in [7, 11) is 0. The topological polar surface area (TPSA) is 94.3 Å². The molecular formula is C28H36ClN3O4. The van der Waals surface area contributed by atoms with E-state index in [9.17, 15) is 14.7 Å². The van der Waals surface area contributed by atoms with Crippen LogP contribution in [-0.4, -0.2) is 38.5 Å². The van der Waals surface area contributed by atoms with Crippen LogP contribution in [0.15, 0.2) is 30.3 Å². The lowest BCUT2D eigenvalue weighted by atomic mass is 9.84. The molecule has 36 heavy (non-hydrogen) atoms. The van der Waals surface area contributed by atoms with Crippen LogP contribution in [0.4, 0.5) is 0 Å². The van der Waals surface area contributed by atoms with Gasteiger partial charge in [0.1, 0.15) is 22.5 Å². The van der Waals surface area contributed by atoms with Gasteiger partial charge in [-0.05, 0) is 48.1 Å². The molecule has 1 heterocycles. The van der Waals surface area contributed by atoms with Gasteiger partial charge in [0.25, 0.3) is 0 Å². The molecule has 2 aromatic carbocycles. The minimum absolute atomic E-state index is 0.00236. The normalized spacial score (nSPS) is 12.6. The predicted molar refractivity (Wildman–Crippen MR) is 142 cm³/mol. The highest BCUT2D eigenvalue weighted by atomic mass is 35.5. The number of phenolic OH excluding ortho intramolecular Hbond substituents is 1. The van der Waals surface area contributed by atoms with Crippen LogP contribution in [0.5, 0.6) is 5.75 Å². The van der Waals surface area contributed by atoms with Crippen LogP contribution in [0.2, 0.25) is 5.02 Å². The predicted octanol–water partition coefficient (Wildman–Crippen LogP) is 6.80. The van der Waals surface area contributed by atoms with Crippen molar-refractivity contribution in [1.82, 2.24) is 15.0 Å². The van der Waals surface area contributed by atoms with Crippen LogP contribution in [-0.2, 0) is 14.9 Å². The Hall–Kier alpha value is -2.93. The lowest BCUT2D eigenvalue weighted by molar-refractivity contribution is -0.145. The molecule has 0 radical (unpaired) electrons. The number of phenols is 1. The quantitative estimate of drug-likeness (QED) is 0.224. The maximum atomic E-state index is 13.1. The molecular weight excluding hydrogens is 478 g/mol. The van der Waals surface area contributed by atoms with E-state index in [0.717, 1.165) is 25.7 Å². The number of ether oxygens (including phenoxy) is 1. The smallest absolute Gasteiger partial charge is 0.306 e. The Bertz CT molecular complexity index is 1230. The van der Waals surface area contributed by atoms with E-state index in [-0.39, 0.29) is 30.3 Å². The first-order chi connectivity index (χ1) is 17.0. The van der Waals surface area contributed by atoms with Crippen molar-refractivity contribution in [3.63, 3.8) is 0 Å². The molecule has 3 aromatic rings. The lowest BCUT2D eigenvalue weighted by Gasteiger charge is -2.22. The van der Waals surface area contributed by atoms with Gasteiger partial charge < -0.3 is 9.84 Å². The fourth-order valence-corrected chi connectivity index (χ4v) is 4.21. The molecule has 3 rings (SSSR count). The first kappa shape index (κ1) is 27.7. The average molecular weight is 514 g/mol. The molecule has 1 atom stereocenters. The van der Waals surface area contributed by atoms with E-state index in [2.05, 4.69) is 24.0 Å². The molecule has 0 aliphatic rings. The minimum Gasteiger partial charge on any atom is -0.505 e. The summed E-state index contributed by atoms with van der Waals surface area (Å²) < 4.78 is 5.45. The van der Waals surface area contributed by atoms with Crippen molar-refractivity contribution in [1.29, 1.82) is 0 Å². The number of nitrogens with zero attached hydrogens (tertiary/aromatic N) is 3. The van der Waals surface area contributed by atoms with Crippen LogP contribution in [0, 0.1) is 5.92 Å². The number of carbonyl (C=O) groups excluding carboxylic acids is 2. The monoisotopic (exact) mass is 513 g/mol. The third-order valence-corrected chi connectivity index (χ3v) is 6.59. The fourth-order valence-electron chi connectivity index (χ4n) is 4.04. The number of aromatic hydroxyl groups is 1. The Morgan fingerprint density at radius 3 is 2.47 bits per heavy atom. The Morgan fingerprint density at radius 1 is 1.08 bits per heavy atom. The van der Waals surface area contributed by atoms with E-state index < -0.39 is 5.41 Å². The summed E-state index contributed by atoms with van der Waals surface area (Å²) in [6, 6.07) is 8.40. The Kier molecular flexibility index (Phi) is 9.12. The molecule has 0 aliphatic carbocycles. The zero-order valence-corrected chi connectivity index (χ0v) is 22.6. The Morgan fingerprint density at radius 2 is 1.81 bits per heavy atom. The largest absolute Gasteiger partial charge is 0.505 e. The van der Waals surface area contributed by atoms with Crippen molar-refractivity contribution in [2.75, 3.05) is 6.61 Å². The molecule has 1 aromatic heterocycles. The Labute approximate surface area is 217 Å². The van der Waals surface area contributed by atoms with Gasteiger partial charge in [0.15, 0.2) is 5.78 Å². The molecule has 194 valence electrons. The molecule has 1 unspecified atom stereocenters. The van der Waals surface area contributed by atoms with Gasteiger partial charge in [0.2, 0.25) is 0 Å². The second kappa shape index (κ2) is 11.9. The highest BCUT2D eigenvalue weighted by Crippen LogP contribution is 2.36. The average Bonchev–Trinajstić information content (AvgIpc) is 3.25. The summed E-state index contributed by atoms with van der Waals surface area (Å²) >= 11 is 6.08. The maximum absolute atomic E-state index is 13.1. The van der Waals surface area contributed by atoms with Crippen molar-refractivity contribution in [2.24, 2.45) is 5.92 Å². The first-order valence-electron chi connectivity index (χ1n) is 12.6. The molecule has 0 saturated heterocycles. The summed E-state index contributed by atoms with van der Waals surface area (Å²) in [5.41, 5.74) is 2.00. The molecule has 0 bridgehead atoms. The summed E-state index contributed by atoms with van der Waals surface area (Å²) in [5.74, 6) is -0.227. The molecule has 0 aliphatic heterocycles. The SMILES string of the molecule is CCCCC(CC)COC(=O)CCC(=O)c1cc(-n2nc3ccc(Cl)cc3n2)c(O)c(C(C)(C)C)c1. The number of ketones is 1. The summed E-state index contributed by atoms with van der Waals surface area (Å²) in [6.07, 6.45) is 4.24. The van der Waals surface area contributed by atoms with Crippen LogP contribution < -0.4 is 0 Å². The third-order valence-electron chi connectivity index (χ3n) is 6.36. The highest BCUT2D eigenvalue weighted by molar-refractivity contribution is 6.31. The molecule has 8 heteroatoms. The van der Waals surface area contributed by atoms with E-state index in [4.69, 9.17) is 16.3 Å². The summed E-state index contributed by atoms with van der Waals surface area (Å²) in [4.78, 5) is 26.8. The van der Waals surface area contributed by atoms with Gasteiger partial charge in [-0.15, -0.1) is 15.0 Å².